The fourth-order valence-electron chi connectivity index (χ4n) is 9.12. The Balaban J connectivity index is 2.70. The molecule has 0 amide bonds. The van der Waals surface area contributed by atoms with Crippen molar-refractivity contribution >= 4 is 10.1 Å². The minimum atomic E-state index is -4.43. The lowest BCUT2D eigenvalue weighted by molar-refractivity contribution is -0.941. The Hall–Kier alpha value is -0.910. The number of nitrogens with zero attached hydrogens (tertiary/aromatic N) is 1. The minimum absolute atomic E-state index is 0.103. The Kier molecular flexibility index (Phi) is 37.2. The smallest absolute Gasteiger partial charge is 0.124 e. The van der Waals surface area contributed by atoms with Crippen LogP contribution in [0.2, 0.25) is 0 Å². The molecule has 336 valence electrons. The third-order valence-corrected chi connectivity index (χ3v) is 13.8. The molecule has 57 heavy (non-hydrogen) atoms. The minimum Gasteiger partial charge on any atom is -0.744 e. The van der Waals surface area contributed by atoms with Gasteiger partial charge in [0.2, 0.25) is 0 Å². The Labute approximate surface area is 358 Å². The van der Waals surface area contributed by atoms with E-state index in [-0.39, 0.29) is 4.90 Å². The van der Waals surface area contributed by atoms with E-state index in [1.54, 1.807) is 12.1 Å². The van der Waals surface area contributed by atoms with Crippen LogP contribution in [-0.4, -0.2) is 37.1 Å². The van der Waals surface area contributed by atoms with Gasteiger partial charge in [-0.05, 0) is 50.7 Å². The summed E-state index contributed by atoms with van der Waals surface area (Å²) in [5.74, 6) is 0. The lowest BCUT2D eigenvalue weighted by atomic mass is 10.0. The molecule has 0 aromatic heterocycles. The van der Waals surface area contributed by atoms with Gasteiger partial charge in [-0.25, -0.2) is 8.42 Å². The maximum absolute atomic E-state index is 11.7. The van der Waals surface area contributed by atoms with Crippen LogP contribution in [0.1, 0.15) is 277 Å². The van der Waals surface area contributed by atoms with E-state index < -0.39 is 10.1 Å². The Morgan fingerprint density at radius 3 is 0.772 bits per heavy atom. The van der Waals surface area contributed by atoms with Crippen molar-refractivity contribution in [3.05, 3.63) is 29.8 Å². The lowest BCUT2D eigenvalue weighted by Crippen LogP contribution is -2.49. The van der Waals surface area contributed by atoms with Crippen molar-refractivity contribution in [1.82, 2.24) is 0 Å². The van der Waals surface area contributed by atoms with Crippen molar-refractivity contribution in [3.8, 4) is 0 Å². The summed E-state index contributed by atoms with van der Waals surface area (Å²) < 4.78 is 36.3. The number of quaternary nitrogens is 1. The summed E-state index contributed by atoms with van der Waals surface area (Å²) in [5, 5.41) is 0. The lowest BCUT2D eigenvalue weighted by Gasteiger charge is -2.39. The van der Waals surface area contributed by atoms with Crippen molar-refractivity contribution in [1.29, 1.82) is 0 Å². The van der Waals surface area contributed by atoms with E-state index in [9.17, 15) is 13.0 Å². The molecule has 0 aliphatic rings. The molecule has 1 aromatic rings. The molecule has 0 fully saturated rings. The summed E-state index contributed by atoms with van der Waals surface area (Å²) in [6, 6.07) is 6.95. The SMILES string of the molecule is CCCCCCCCCCCCCCC[N+](CCCCCCCCCCCCCCC)(CCCCCCCCCCCCCCC)Cc1ccc(S(=O)(=O)[O-])cc1. The van der Waals surface area contributed by atoms with E-state index in [2.05, 4.69) is 20.8 Å². The van der Waals surface area contributed by atoms with Crippen molar-refractivity contribution < 1.29 is 17.5 Å². The van der Waals surface area contributed by atoms with E-state index in [4.69, 9.17) is 0 Å². The zero-order valence-corrected chi connectivity index (χ0v) is 39.6. The highest BCUT2D eigenvalue weighted by atomic mass is 32.2. The Morgan fingerprint density at radius 2 is 0.561 bits per heavy atom. The average Bonchev–Trinajstić information content (AvgIpc) is 3.20. The van der Waals surface area contributed by atoms with Gasteiger partial charge in [0.1, 0.15) is 16.7 Å². The van der Waals surface area contributed by atoms with Crippen LogP contribution in [0, 0.1) is 0 Å². The van der Waals surface area contributed by atoms with Crippen LogP contribution >= 0.6 is 0 Å². The summed E-state index contributed by atoms with van der Waals surface area (Å²) in [5.41, 5.74) is 1.18. The van der Waals surface area contributed by atoms with Crippen LogP contribution in [-0.2, 0) is 16.7 Å². The zero-order valence-electron chi connectivity index (χ0n) is 38.8. The van der Waals surface area contributed by atoms with Gasteiger partial charge in [-0.15, -0.1) is 0 Å². The van der Waals surface area contributed by atoms with Gasteiger partial charge in [0.05, 0.1) is 24.5 Å². The predicted octanol–water partition coefficient (Wildman–Crippen LogP) is 17.2. The van der Waals surface area contributed by atoms with Gasteiger partial charge in [-0.2, -0.15) is 0 Å². The van der Waals surface area contributed by atoms with Gasteiger partial charge in [-0.1, -0.05) is 245 Å². The normalized spacial score (nSPS) is 12.2. The quantitative estimate of drug-likeness (QED) is 0.0374. The molecule has 1 rings (SSSR count). The molecule has 0 N–H and O–H groups in total. The third kappa shape index (κ3) is 33.5. The molecule has 5 heteroatoms. The molecule has 0 atom stereocenters. The van der Waals surface area contributed by atoms with Crippen LogP contribution in [0.15, 0.2) is 29.2 Å². The molecular formula is C52H99NO3S. The Bertz CT molecular complexity index is 997. The first-order valence-electron chi connectivity index (χ1n) is 25.8. The molecule has 4 nitrogen and oxygen atoms in total. The maximum atomic E-state index is 11.7. The molecule has 0 aliphatic carbocycles. The van der Waals surface area contributed by atoms with Crippen molar-refractivity contribution in [2.75, 3.05) is 19.6 Å². The highest BCUT2D eigenvalue weighted by Crippen LogP contribution is 2.24. The van der Waals surface area contributed by atoms with E-state index in [1.807, 2.05) is 12.1 Å². The molecule has 0 saturated carbocycles. The van der Waals surface area contributed by atoms with Crippen LogP contribution < -0.4 is 0 Å². The third-order valence-electron chi connectivity index (χ3n) is 12.9. The molecule has 0 saturated heterocycles. The van der Waals surface area contributed by atoms with Crippen LogP contribution in [0.25, 0.3) is 0 Å². The van der Waals surface area contributed by atoms with Crippen LogP contribution in [0.5, 0.6) is 0 Å². The predicted molar refractivity (Wildman–Crippen MR) is 250 cm³/mol. The van der Waals surface area contributed by atoms with E-state index in [0.717, 1.165) is 11.0 Å². The van der Waals surface area contributed by atoms with Crippen molar-refractivity contribution in [3.63, 3.8) is 0 Å². The van der Waals surface area contributed by atoms with Gasteiger partial charge in [0.25, 0.3) is 0 Å². The summed E-state index contributed by atoms with van der Waals surface area (Å²) in [7, 11) is -4.43. The molecule has 0 radical (unpaired) electrons. The number of hydrogen-bond acceptors (Lipinski definition) is 3. The first-order chi connectivity index (χ1) is 27.9. The number of rotatable bonds is 45. The van der Waals surface area contributed by atoms with Gasteiger partial charge >= 0.3 is 0 Å². The highest BCUT2D eigenvalue weighted by Gasteiger charge is 2.27. The second-order valence-corrected chi connectivity index (χ2v) is 19.9. The van der Waals surface area contributed by atoms with Gasteiger partial charge < -0.3 is 9.04 Å². The molecule has 0 heterocycles. The monoisotopic (exact) mass is 818 g/mol. The van der Waals surface area contributed by atoms with E-state index >= 15 is 0 Å². The average molecular weight is 818 g/mol. The fourth-order valence-corrected chi connectivity index (χ4v) is 9.59. The van der Waals surface area contributed by atoms with E-state index in [1.165, 1.54) is 276 Å². The van der Waals surface area contributed by atoms with Gasteiger partial charge in [0, 0.05) is 5.56 Å². The molecular weight excluding hydrogens is 719 g/mol. The summed E-state index contributed by atoms with van der Waals surface area (Å²) in [4.78, 5) is -0.103. The van der Waals surface area contributed by atoms with Crippen LogP contribution in [0.4, 0.5) is 0 Å². The first-order valence-corrected chi connectivity index (χ1v) is 27.2. The van der Waals surface area contributed by atoms with Gasteiger partial charge in [0.15, 0.2) is 0 Å². The molecule has 0 aliphatic heterocycles. The van der Waals surface area contributed by atoms with Crippen molar-refractivity contribution in [2.45, 2.75) is 283 Å². The van der Waals surface area contributed by atoms with Gasteiger partial charge in [-0.3, -0.25) is 0 Å². The summed E-state index contributed by atoms with van der Waals surface area (Å²) in [6.07, 6.45) is 53.9. The van der Waals surface area contributed by atoms with E-state index in [0.29, 0.717) is 0 Å². The number of hydrogen-bond donors (Lipinski definition) is 0. The zero-order chi connectivity index (χ0) is 41.4. The molecule has 0 spiro atoms. The largest absolute Gasteiger partial charge is 0.744 e. The molecule has 1 aromatic carbocycles. The number of benzene rings is 1. The molecule has 0 unspecified atom stereocenters. The van der Waals surface area contributed by atoms with Crippen molar-refractivity contribution in [2.24, 2.45) is 0 Å². The van der Waals surface area contributed by atoms with Crippen LogP contribution in [0.3, 0.4) is 0 Å². The maximum Gasteiger partial charge on any atom is 0.124 e. The molecule has 0 bridgehead atoms. The summed E-state index contributed by atoms with van der Waals surface area (Å²) >= 11 is 0. The fraction of sp³-hybridized carbons (Fsp3) is 0.885. The number of unbranched alkanes of at least 4 members (excludes halogenated alkanes) is 36. The first kappa shape index (κ1) is 54.1. The standard InChI is InChI=1S/C52H99NO3S/c1-4-7-10-13-16-19-22-25-28-31-34-37-40-47-53(50-51-43-45-52(46-44-51)57(54,55)56,48-41-38-35-32-29-26-23-20-17-14-11-8-5-2)49-42-39-36-33-30-27-24-21-18-15-12-9-6-3/h43-46H,4-42,47-50H2,1-3H3. The topological polar surface area (TPSA) is 57.2 Å². The second kappa shape index (κ2) is 39.2. The summed E-state index contributed by atoms with van der Waals surface area (Å²) in [6.45, 7) is 11.5. The highest BCUT2D eigenvalue weighted by molar-refractivity contribution is 7.85. The Morgan fingerprint density at radius 1 is 0.351 bits per heavy atom. The second-order valence-electron chi connectivity index (χ2n) is 18.5.